The Bertz CT molecular complexity index is 259. The molecule has 4 nitrogen and oxygen atoms in total. The number of aliphatic hydroxyl groups excluding tert-OH is 1. The number of aliphatic hydroxyl groups is 1. The Balaban J connectivity index is 2.61. The maximum absolute atomic E-state index is 10.6. The summed E-state index contributed by atoms with van der Waals surface area (Å²) in [4.78, 5) is 0. The van der Waals surface area contributed by atoms with Crippen molar-refractivity contribution in [1.82, 2.24) is 0 Å². The first-order chi connectivity index (χ1) is 5.91. The highest BCUT2D eigenvalue weighted by atomic mass is 32.2. The monoisotopic (exact) mass is 208 g/mol. The zero-order valence-corrected chi connectivity index (χ0v) is 8.50. The molecule has 1 aliphatic rings. The van der Waals surface area contributed by atoms with Gasteiger partial charge in [-0.25, -0.2) is 0 Å². The molecule has 1 aliphatic carbocycles. The summed E-state index contributed by atoms with van der Waals surface area (Å²) in [5, 5.41) is 9.29. The van der Waals surface area contributed by atoms with Crippen LogP contribution in [0.4, 0.5) is 0 Å². The third kappa shape index (κ3) is 2.93. The van der Waals surface area contributed by atoms with Crippen LogP contribution in [0.3, 0.4) is 0 Å². The van der Waals surface area contributed by atoms with E-state index in [0.717, 1.165) is 12.8 Å². The zero-order chi connectivity index (χ0) is 10.1. The van der Waals surface area contributed by atoms with Crippen LogP contribution in [0.2, 0.25) is 0 Å². The van der Waals surface area contributed by atoms with E-state index in [9.17, 15) is 13.5 Å². The lowest BCUT2D eigenvalue weighted by Gasteiger charge is -2.28. The molecule has 78 valence electrons. The fourth-order valence-corrected chi connectivity index (χ4v) is 2.72. The predicted octanol–water partition coefficient (Wildman–Crippen LogP) is 1.02. The summed E-state index contributed by atoms with van der Waals surface area (Å²) in [6.07, 6.45) is 3.37. The molecule has 0 radical (unpaired) electrons. The fourth-order valence-electron chi connectivity index (χ4n) is 1.98. The second-order valence-corrected chi connectivity index (χ2v) is 5.45. The van der Waals surface area contributed by atoms with Gasteiger partial charge in [-0.3, -0.25) is 4.55 Å². The van der Waals surface area contributed by atoms with E-state index >= 15 is 0 Å². The van der Waals surface area contributed by atoms with Gasteiger partial charge in [0, 0.05) is 5.92 Å². The van der Waals surface area contributed by atoms with Gasteiger partial charge in [-0.15, -0.1) is 0 Å². The van der Waals surface area contributed by atoms with Crippen molar-refractivity contribution in [3.63, 3.8) is 0 Å². The normalized spacial score (nSPS) is 32.8. The van der Waals surface area contributed by atoms with Crippen LogP contribution in [-0.2, 0) is 10.1 Å². The predicted molar refractivity (Wildman–Crippen MR) is 48.7 cm³/mol. The molecule has 0 aromatic carbocycles. The lowest BCUT2D eigenvalue weighted by Crippen LogP contribution is -2.32. The van der Waals surface area contributed by atoms with Gasteiger partial charge in [-0.2, -0.15) is 8.42 Å². The Hall–Kier alpha value is -0.130. The third-order valence-corrected chi connectivity index (χ3v) is 3.68. The molecular formula is C8H16O4S. The van der Waals surface area contributed by atoms with Crippen molar-refractivity contribution in [3.05, 3.63) is 0 Å². The van der Waals surface area contributed by atoms with Crippen LogP contribution in [0.15, 0.2) is 0 Å². The van der Waals surface area contributed by atoms with Gasteiger partial charge in [0.25, 0.3) is 10.1 Å². The lowest BCUT2D eigenvalue weighted by atomic mass is 9.83. The van der Waals surface area contributed by atoms with E-state index < -0.39 is 15.6 Å². The summed E-state index contributed by atoms with van der Waals surface area (Å²) in [7, 11) is -4.27. The molecule has 13 heavy (non-hydrogen) atoms. The highest BCUT2D eigenvalue weighted by Gasteiger charge is 2.32. The van der Waals surface area contributed by atoms with Crippen LogP contribution < -0.4 is 0 Å². The van der Waals surface area contributed by atoms with Gasteiger partial charge >= 0.3 is 0 Å². The SMILES string of the molecule is CC1CCCC(C(O)S(=O)(=O)O)C1. The Morgan fingerprint density at radius 2 is 2.00 bits per heavy atom. The van der Waals surface area contributed by atoms with E-state index in [1.165, 1.54) is 0 Å². The first-order valence-electron chi connectivity index (χ1n) is 4.55. The molecule has 0 aromatic heterocycles. The van der Waals surface area contributed by atoms with E-state index in [1.54, 1.807) is 0 Å². The highest BCUT2D eigenvalue weighted by Crippen LogP contribution is 2.31. The zero-order valence-electron chi connectivity index (χ0n) is 7.68. The smallest absolute Gasteiger partial charge is 0.292 e. The second kappa shape index (κ2) is 3.94. The van der Waals surface area contributed by atoms with E-state index in [2.05, 4.69) is 0 Å². The molecular weight excluding hydrogens is 192 g/mol. The fraction of sp³-hybridized carbons (Fsp3) is 1.00. The summed E-state index contributed by atoms with van der Waals surface area (Å²) in [5.74, 6) is 0.147. The summed E-state index contributed by atoms with van der Waals surface area (Å²) >= 11 is 0. The van der Waals surface area contributed by atoms with Crippen molar-refractivity contribution >= 4 is 10.1 Å². The molecule has 0 aliphatic heterocycles. The minimum absolute atomic E-state index is 0.293. The van der Waals surface area contributed by atoms with E-state index in [4.69, 9.17) is 4.55 Å². The minimum Gasteiger partial charge on any atom is -0.375 e. The van der Waals surface area contributed by atoms with Crippen LogP contribution >= 0.6 is 0 Å². The summed E-state index contributed by atoms with van der Waals surface area (Å²) in [6, 6.07) is 0. The molecule has 0 spiro atoms. The topological polar surface area (TPSA) is 74.6 Å². The molecule has 3 atom stereocenters. The standard InChI is InChI=1S/C8H16O4S/c1-6-3-2-4-7(5-6)8(9)13(10,11)12/h6-9H,2-5H2,1H3,(H,10,11,12). The minimum atomic E-state index is -4.27. The molecule has 1 saturated carbocycles. The molecule has 2 N–H and O–H groups in total. The Morgan fingerprint density at radius 3 is 2.46 bits per heavy atom. The van der Waals surface area contributed by atoms with Gasteiger partial charge in [0.05, 0.1) is 0 Å². The average Bonchev–Trinajstić information content (AvgIpc) is 2.01. The number of hydrogen-bond donors (Lipinski definition) is 2. The number of rotatable bonds is 2. The van der Waals surface area contributed by atoms with Crippen molar-refractivity contribution in [3.8, 4) is 0 Å². The highest BCUT2D eigenvalue weighted by molar-refractivity contribution is 7.86. The molecule has 0 bridgehead atoms. The molecule has 1 fully saturated rings. The molecule has 0 amide bonds. The Kier molecular flexibility index (Phi) is 3.32. The van der Waals surface area contributed by atoms with E-state index in [1.807, 2.05) is 6.92 Å². The largest absolute Gasteiger partial charge is 0.375 e. The van der Waals surface area contributed by atoms with Crippen molar-refractivity contribution in [2.24, 2.45) is 11.8 Å². The summed E-state index contributed by atoms with van der Waals surface area (Å²) in [6.45, 7) is 2.03. The van der Waals surface area contributed by atoms with Crippen LogP contribution in [-0.4, -0.2) is 23.5 Å². The van der Waals surface area contributed by atoms with Gasteiger partial charge in [0.2, 0.25) is 0 Å². The molecule has 5 heteroatoms. The summed E-state index contributed by atoms with van der Waals surface area (Å²) < 4.78 is 29.9. The van der Waals surface area contributed by atoms with Crippen molar-refractivity contribution < 1.29 is 18.1 Å². The molecule has 0 saturated heterocycles. The summed E-state index contributed by atoms with van der Waals surface area (Å²) in [5.41, 5.74) is -1.59. The van der Waals surface area contributed by atoms with E-state index in [-0.39, 0.29) is 5.92 Å². The molecule has 3 unspecified atom stereocenters. The Labute approximate surface area is 78.7 Å². The van der Waals surface area contributed by atoms with Gasteiger partial charge in [-0.1, -0.05) is 19.8 Å². The maximum Gasteiger partial charge on any atom is 0.292 e. The lowest BCUT2D eigenvalue weighted by molar-refractivity contribution is 0.123. The van der Waals surface area contributed by atoms with Crippen molar-refractivity contribution in [2.75, 3.05) is 0 Å². The van der Waals surface area contributed by atoms with Gasteiger partial charge in [-0.05, 0) is 18.8 Å². The first kappa shape index (κ1) is 10.9. The molecule has 1 rings (SSSR count). The third-order valence-electron chi connectivity index (χ3n) is 2.69. The number of hydrogen-bond acceptors (Lipinski definition) is 3. The van der Waals surface area contributed by atoms with Crippen LogP contribution in [0, 0.1) is 11.8 Å². The van der Waals surface area contributed by atoms with Crippen LogP contribution in [0.5, 0.6) is 0 Å². The van der Waals surface area contributed by atoms with Crippen LogP contribution in [0.25, 0.3) is 0 Å². The second-order valence-electron chi connectivity index (χ2n) is 3.94. The van der Waals surface area contributed by atoms with Gasteiger partial charge in [0.1, 0.15) is 0 Å². The van der Waals surface area contributed by atoms with Crippen molar-refractivity contribution in [2.45, 2.75) is 38.0 Å². The van der Waals surface area contributed by atoms with Crippen molar-refractivity contribution in [1.29, 1.82) is 0 Å². The van der Waals surface area contributed by atoms with E-state index in [0.29, 0.717) is 18.8 Å². The van der Waals surface area contributed by atoms with Crippen LogP contribution in [0.1, 0.15) is 32.6 Å². The van der Waals surface area contributed by atoms with Gasteiger partial charge in [0.15, 0.2) is 5.44 Å². The van der Waals surface area contributed by atoms with Gasteiger partial charge < -0.3 is 5.11 Å². The maximum atomic E-state index is 10.6. The first-order valence-corrected chi connectivity index (χ1v) is 6.06. The Morgan fingerprint density at radius 1 is 1.38 bits per heavy atom. The molecule has 0 heterocycles. The molecule has 0 aromatic rings. The quantitative estimate of drug-likeness (QED) is 0.664. The average molecular weight is 208 g/mol.